The molecule has 1 nitrogen and oxygen atoms in total. The van der Waals surface area contributed by atoms with Crippen LogP contribution in [0.2, 0.25) is 5.02 Å². The summed E-state index contributed by atoms with van der Waals surface area (Å²) in [6.07, 6.45) is 13.1. The quantitative estimate of drug-likeness (QED) is 0.381. The summed E-state index contributed by atoms with van der Waals surface area (Å²) >= 11 is 6.25. The van der Waals surface area contributed by atoms with Gasteiger partial charge in [-0.1, -0.05) is 68.1 Å². The van der Waals surface area contributed by atoms with Crippen LogP contribution in [0.3, 0.4) is 0 Å². The Morgan fingerprint density at radius 3 is 2.41 bits per heavy atom. The third-order valence-corrected chi connectivity index (χ3v) is 4.89. The molecular weight excluding hydrogens is 292 g/mol. The molecule has 1 fully saturated rings. The van der Waals surface area contributed by atoms with E-state index >= 15 is 0 Å². The molecule has 0 bridgehead atoms. The smallest absolute Gasteiger partial charge is 0.108 e. The number of aliphatic hydroxyl groups excluding tert-OH is 1. The van der Waals surface area contributed by atoms with Crippen LogP contribution in [0.4, 0.5) is 0 Å². The highest BCUT2D eigenvalue weighted by Gasteiger charge is 2.35. The van der Waals surface area contributed by atoms with Gasteiger partial charge in [-0.15, -0.1) is 0 Å². The largest absolute Gasteiger partial charge is 0.509 e. The van der Waals surface area contributed by atoms with Gasteiger partial charge in [0.25, 0.3) is 0 Å². The van der Waals surface area contributed by atoms with Gasteiger partial charge in [0, 0.05) is 10.4 Å². The van der Waals surface area contributed by atoms with Gasteiger partial charge in [0.15, 0.2) is 0 Å². The van der Waals surface area contributed by atoms with E-state index in [9.17, 15) is 5.11 Å². The first kappa shape index (κ1) is 16.9. The summed E-state index contributed by atoms with van der Waals surface area (Å²) in [6.45, 7) is 5.62. The zero-order valence-electron chi connectivity index (χ0n) is 13.3. The molecule has 0 atom stereocenters. The van der Waals surface area contributed by atoms with Crippen molar-refractivity contribution in [1.29, 1.82) is 0 Å². The molecule has 0 aromatic heterocycles. The first-order valence-electron chi connectivity index (χ1n) is 8.07. The molecule has 1 aliphatic rings. The van der Waals surface area contributed by atoms with E-state index in [2.05, 4.69) is 31.7 Å². The van der Waals surface area contributed by atoms with Gasteiger partial charge >= 0.3 is 0 Å². The van der Waals surface area contributed by atoms with Crippen molar-refractivity contribution in [3.8, 4) is 0 Å². The summed E-state index contributed by atoms with van der Waals surface area (Å²) < 4.78 is 0. The number of hydrogen-bond donors (Lipinski definition) is 1. The predicted octanol–water partition coefficient (Wildman–Crippen LogP) is 6.51. The number of rotatable bonds is 4. The fraction of sp³-hybridized carbons (Fsp3) is 0.400. The maximum atomic E-state index is 9.42. The second-order valence-corrected chi connectivity index (χ2v) is 6.51. The van der Waals surface area contributed by atoms with E-state index in [1.807, 2.05) is 18.2 Å². The van der Waals surface area contributed by atoms with Crippen molar-refractivity contribution in [3.63, 3.8) is 0 Å². The highest BCUT2D eigenvalue weighted by atomic mass is 35.5. The lowest BCUT2D eigenvalue weighted by molar-refractivity contribution is 0.431. The van der Waals surface area contributed by atoms with E-state index in [4.69, 9.17) is 11.6 Å². The van der Waals surface area contributed by atoms with Crippen LogP contribution >= 0.6 is 11.6 Å². The molecule has 0 spiro atoms. The summed E-state index contributed by atoms with van der Waals surface area (Å²) in [7, 11) is 0. The molecule has 22 heavy (non-hydrogen) atoms. The molecule has 0 radical (unpaired) electrons. The molecule has 1 aromatic carbocycles. The van der Waals surface area contributed by atoms with E-state index in [0.29, 0.717) is 0 Å². The summed E-state index contributed by atoms with van der Waals surface area (Å²) in [4.78, 5) is 0. The molecule has 1 aliphatic carbocycles. The fourth-order valence-electron chi connectivity index (χ4n) is 3.58. The van der Waals surface area contributed by atoms with Crippen molar-refractivity contribution in [2.75, 3.05) is 0 Å². The van der Waals surface area contributed by atoms with E-state index < -0.39 is 0 Å². The first-order valence-corrected chi connectivity index (χ1v) is 8.45. The Bertz CT molecular complexity index is 575. The van der Waals surface area contributed by atoms with Crippen LogP contribution in [0, 0.1) is 0 Å². The van der Waals surface area contributed by atoms with E-state index in [1.165, 1.54) is 36.8 Å². The molecule has 0 aliphatic heterocycles. The molecule has 0 saturated heterocycles. The van der Waals surface area contributed by atoms with Crippen LogP contribution in [0.5, 0.6) is 0 Å². The second-order valence-electron chi connectivity index (χ2n) is 6.08. The summed E-state index contributed by atoms with van der Waals surface area (Å²) in [6, 6.07) is 8.24. The Morgan fingerprint density at radius 1 is 1.18 bits per heavy atom. The standard InChI is InChI=1S/C20H25ClO/c1-3-17(12-11-16(2)22)20(13-6-4-5-7-14-20)18-9-8-10-19(21)15-18/h3,8-12,15,22H,2,4-7,13-14H2,1H3/b12-11-,17-3+. The number of benzene rings is 1. The van der Waals surface area contributed by atoms with Crippen molar-refractivity contribution in [3.05, 3.63) is 71.0 Å². The van der Waals surface area contributed by atoms with Crippen molar-refractivity contribution in [1.82, 2.24) is 0 Å². The second kappa shape index (κ2) is 7.69. The Kier molecular flexibility index (Phi) is 5.90. The SMILES string of the molecule is C=C(O)/C=C\C(=C/C)C1(c2cccc(Cl)c2)CCCCCC1. The van der Waals surface area contributed by atoms with Gasteiger partial charge in [0.1, 0.15) is 5.76 Å². The lowest BCUT2D eigenvalue weighted by atomic mass is 9.68. The van der Waals surface area contributed by atoms with Crippen LogP contribution in [-0.2, 0) is 5.41 Å². The third kappa shape index (κ3) is 3.84. The Morgan fingerprint density at radius 2 is 1.86 bits per heavy atom. The van der Waals surface area contributed by atoms with Crippen LogP contribution < -0.4 is 0 Å². The molecule has 0 unspecified atom stereocenters. The maximum absolute atomic E-state index is 9.42. The van der Waals surface area contributed by atoms with Crippen molar-refractivity contribution < 1.29 is 5.11 Å². The lowest BCUT2D eigenvalue weighted by Crippen LogP contribution is -2.27. The zero-order chi connectivity index (χ0) is 16.0. The van der Waals surface area contributed by atoms with Crippen molar-refractivity contribution >= 4 is 11.6 Å². The first-order chi connectivity index (χ1) is 10.6. The average Bonchev–Trinajstić information content (AvgIpc) is 2.74. The molecule has 0 heterocycles. The van der Waals surface area contributed by atoms with Gasteiger partial charge < -0.3 is 5.11 Å². The van der Waals surface area contributed by atoms with Crippen LogP contribution in [-0.4, -0.2) is 5.11 Å². The van der Waals surface area contributed by atoms with Gasteiger partial charge in [-0.05, 0) is 49.1 Å². The minimum atomic E-state index is -0.0118. The lowest BCUT2D eigenvalue weighted by Gasteiger charge is -2.35. The molecule has 2 rings (SSSR count). The highest BCUT2D eigenvalue weighted by molar-refractivity contribution is 6.30. The number of halogens is 1. The van der Waals surface area contributed by atoms with Gasteiger partial charge in [0.05, 0.1) is 0 Å². The average molecular weight is 317 g/mol. The Balaban J connectivity index is 2.51. The molecule has 1 saturated carbocycles. The molecule has 118 valence electrons. The van der Waals surface area contributed by atoms with Crippen molar-refractivity contribution in [2.45, 2.75) is 50.9 Å². The van der Waals surface area contributed by atoms with Gasteiger partial charge in [0.2, 0.25) is 0 Å². The van der Waals surface area contributed by atoms with E-state index in [0.717, 1.165) is 17.9 Å². The molecule has 1 N–H and O–H groups in total. The minimum Gasteiger partial charge on any atom is -0.509 e. The monoisotopic (exact) mass is 316 g/mol. The van der Waals surface area contributed by atoms with Gasteiger partial charge in [-0.2, -0.15) is 0 Å². The van der Waals surface area contributed by atoms with Crippen LogP contribution in [0.25, 0.3) is 0 Å². The molecule has 2 heteroatoms. The fourth-order valence-corrected chi connectivity index (χ4v) is 3.77. The summed E-state index contributed by atoms with van der Waals surface area (Å²) in [5, 5.41) is 10.2. The van der Waals surface area contributed by atoms with Gasteiger partial charge in [-0.3, -0.25) is 0 Å². The number of allylic oxidation sites excluding steroid dienone is 4. The number of hydrogen-bond acceptors (Lipinski definition) is 1. The van der Waals surface area contributed by atoms with E-state index in [1.54, 1.807) is 6.08 Å². The van der Waals surface area contributed by atoms with Crippen molar-refractivity contribution in [2.24, 2.45) is 0 Å². The third-order valence-electron chi connectivity index (χ3n) is 4.65. The van der Waals surface area contributed by atoms with Gasteiger partial charge in [-0.25, -0.2) is 0 Å². The zero-order valence-corrected chi connectivity index (χ0v) is 14.1. The maximum Gasteiger partial charge on any atom is 0.108 e. The van der Waals surface area contributed by atoms with E-state index in [-0.39, 0.29) is 11.2 Å². The minimum absolute atomic E-state index is 0.0118. The topological polar surface area (TPSA) is 20.2 Å². The summed E-state index contributed by atoms with van der Waals surface area (Å²) in [5.41, 5.74) is 2.51. The predicted molar refractivity (Wildman–Crippen MR) is 95.5 cm³/mol. The normalized spacial score (nSPS) is 19.1. The summed E-state index contributed by atoms with van der Waals surface area (Å²) in [5.74, 6) is 0.0919. The Labute approximate surface area is 139 Å². The van der Waals surface area contributed by atoms with Crippen LogP contribution in [0.1, 0.15) is 51.0 Å². The molecular formula is C20H25ClO. The molecule has 1 aromatic rings. The molecule has 0 amide bonds. The van der Waals surface area contributed by atoms with Crippen LogP contribution in [0.15, 0.2) is 60.4 Å². The highest BCUT2D eigenvalue weighted by Crippen LogP contribution is 2.45. The Hall–Kier alpha value is -1.47. The number of aliphatic hydroxyl groups is 1.